The van der Waals surface area contributed by atoms with Crippen LogP contribution >= 0.6 is 0 Å². The van der Waals surface area contributed by atoms with E-state index in [2.05, 4.69) is 0 Å². The van der Waals surface area contributed by atoms with Gasteiger partial charge in [-0.2, -0.15) is 0 Å². The van der Waals surface area contributed by atoms with Crippen molar-refractivity contribution in [1.82, 2.24) is 5.73 Å². The lowest BCUT2D eigenvalue weighted by molar-refractivity contribution is 0.373. The summed E-state index contributed by atoms with van der Waals surface area (Å²) in [6, 6.07) is 4.38. The number of nitrogens with one attached hydrogen (secondary N) is 1. The van der Waals surface area contributed by atoms with Crippen LogP contribution in [-0.4, -0.2) is 12.2 Å². The number of phenolic OH excluding ortho intramolecular Hbond substituents is 1. The maximum atomic E-state index is 9.03. The molecule has 0 saturated heterocycles. The van der Waals surface area contributed by atoms with Gasteiger partial charge in [-0.3, -0.25) is 0 Å². The predicted molar refractivity (Wildman–Crippen MR) is 37.4 cm³/mol. The van der Waals surface area contributed by atoms with Gasteiger partial charge in [0.25, 0.3) is 0 Å². The number of aromatic hydroxyl groups is 1. The monoisotopic (exact) mass is 138 g/mol. The van der Waals surface area contributed by atoms with Gasteiger partial charge in [0.2, 0.25) is 0 Å². The van der Waals surface area contributed by atoms with Gasteiger partial charge < -0.3 is 15.6 Å². The largest absolute Gasteiger partial charge is 0.504 e. The molecule has 0 amide bonds. The first-order chi connectivity index (χ1) is 4.74. The summed E-state index contributed by atoms with van der Waals surface area (Å²) in [6.45, 7) is 0. The number of methoxy groups -OCH3 is 1. The first kappa shape index (κ1) is 6.74. The molecule has 0 aliphatic rings. The highest BCUT2D eigenvalue weighted by atomic mass is 16.5. The Bertz CT molecular complexity index is 235. The zero-order valence-electron chi connectivity index (χ0n) is 5.59. The molecule has 0 unspecified atom stereocenters. The van der Waals surface area contributed by atoms with Gasteiger partial charge in [-0.25, -0.2) is 0 Å². The van der Waals surface area contributed by atoms with Crippen molar-refractivity contribution < 1.29 is 9.84 Å². The summed E-state index contributed by atoms with van der Waals surface area (Å²) in [6.07, 6.45) is 0. The van der Waals surface area contributed by atoms with Gasteiger partial charge in [-0.1, -0.05) is 0 Å². The molecule has 1 aromatic carbocycles. The Morgan fingerprint density at radius 2 is 2.20 bits per heavy atom. The molecular weight excluding hydrogens is 130 g/mol. The van der Waals surface area contributed by atoms with Gasteiger partial charge in [0.15, 0.2) is 11.5 Å². The van der Waals surface area contributed by atoms with E-state index >= 15 is 0 Å². The van der Waals surface area contributed by atoms with Crippen molar-refractivity contribution in [2.75, 3.05) is 7.11 Å². The Hall–Kier alpha value is -1.38. The van der Waals surface area contributed by atoms with Crippen LogP contribution in [0.1, 0.15) is 0 Å². The highest BCUT2D eigenvalue weighted by Crippen LogP contribution is 2.27. The summed E-state index contributed by atoms with van der Waals surface area (Å²) in [5.74, 6) is 0.408. The summed E-state index contributed by atoms with van der Waals surface area (Å²) >= 11 is 0. The standard InChI is InChI=1S/C7H8NO2/c1-10-7-4-5(8)2-3-6(7)9/h2-4,8-9H,1H3. The molecular formula is C7H8NO2. The molecule has 1 aromatic rings. The maximum absolute atomic E-state index is 9.03. The highest BCUT2D eigenvalue weighted by molar-refractivity contribution is 5.49. The minimum atomic E-state index is 0.0681. The second kappa shape index (κ2) is 2.47. The van der Waals surface area contributed by atoms with Crippen molar-refractivity contribution in [3.8, 4) is 11.5 Å². The minimum Gasteiger partial charge on any atom is -0.504 e. The molecule has 3 nitrogen and oxygen atoms in total. The van der Waals surface area contributed by atoms with E-state index in [1.807, 2.05) is 0 Å². The molecule has 1 radical (unpaired) electrons. The fourth-order valence-corrected chi connectivity index (χ4v) is 0.678. The van der Waals surface area contributed by atoms with Gasteiger partial charge in [0, 0.05) is 6.07 Å². The number of hydrogen-bond acceptors (Lipinski definition) is 2. The average molecular weight is 138 g/mol. The van der Waals surface area contributed by atoms with Crippen LogP contribution in [0.25, 0.3) is 0 Å². The van der Waals surface area contributed by atoms with E-state index in [1.165, 1.54) is 25.3 Å². The molecule has 2 N–H and O–H groups in total. The molecule has 3 heteroatoms. The lowest BCUT2D eigenvalue weighted by atomic mass is 10.3. The van der Waals surface area contributed by atoms with E-state index in [0.717, 1.165) is 0 Å². The molecule has 53 valence electrons. The summed E-state index contributed by atoms with van der Waals surface area (Å²) in [5.41, 5.74) is 7.47. The lowest BCUT2D eigenvalue weighted by Gasteiger charge is -2.01. The molecule has 0 bridgehead atoms. The minimum absolute atomic E-state index is 0.0681. The van der Waals surface area contributed by atoms with E-state index in [1.54, 1.807) is 0 Å². The van der Waals surface area contributed by atoms with E-state index in [9.17, 15) is 0 Å². The Morgan fingerprint density at radius 1 is 1.50 bits per heavy atom. The normalized spacial score (nSPS) is 9.30. The summed E-state index contributed by atoms with van der Waals surface area (Å²) in [4.78, 5) is 0. The zero-order valence-corrected chi connectivity index (χ0v) is 5.59. The SMILES string of the molecule is COc1cc([NH])ccc1O. The fraction of sp³-hybridized carbons (Fsp3) is 0.143. The van der Waals surface area contributed by atoms with Crippen LogP contribution in [0.4, 0.5) is 5.69 Å². The highest BCUT2D eigenvalue weighted by Gasteiger charge is 1.98. The maximum Gasteiger partial charge on any atom is 0.162 e. The van der Waals surface area contributed by atoms with Crippen LogP contribution in [0.2, 0.25) is 0 Å². The van der Waals surface area contributed by atoms with E-state index in [-0.39, 0.29) is 5.75 Å². The summed E-state index contributed by atoms with van der Waals surface area (Å²) in [7, 11) is 1.45. The van der Waals surface area contributed by atoms with Crippen molar-refractivity contribution in [1.29, 1.82) is 0 Å². The molecule has 0 heterocycles. The average Bonchev–Trinajstić information content (AvgIpc) is 1.94. The van der Waals surface area contributed by atoms with Crippen molar-refractivity contribution in [2.45, 2.75) is 0 Å². The molecule has 0 aromatic heterocycles. The molecule has 0 saturated carbocycles. The van der Waals surface area contributed by atoms with Crippen molar-refractivity contribution in [3.05, 3.63) is 18.2 Å². The van der Waals surface area contributed by atoms with Crippen LogP contribution in [0.15, 0.2) is 18.2 Å². The van der Waals surface area contributed by atoms with Gasteiger partial charge in [0.05, 0.1) is 12.8 Å². The second-order valence-electron chi connectivity index (χ2n) is 1.89. The third-order valence-electron chi connectivity index (χ3n) is 1.18. The van der Waals surface area contributed by atoms with Crippen molar-refractivity contribution in [2.24, 2.45) is 0 Å². The quantitative estimate of drug-likeness (QED) is 0.595. The Morgan fingerprint density at radius 3 is 2.70 bits per heavy atom. The van der Waals surface area contributed by atoms with E-state index in [0.29, 0.717) is 11.4 Å². The smallest absolute Gasteiger partial charge is 0.162 e. The van der Waals surface area contributed by atoms with Gasteiger partial charge in [-0.05, 0) is 12.1 Å². The Balaban J connectivity index is 3.09. The molecule has 0 fully saturated rings. The first-order valence-electron chi connectivity index (χ1n) is 2.82. The fourth-order valence-electron chi connectivity index (χ4n) is 0.678. The van der Waals surface area contributed by atoms with Crippen LogP contribution in [0.5, 0.6) is 11.5 Å². The molecule has 0 spiro atoms. The second-order valence-corrected chi connectivity index (χ2v) is 1.89. The number of ether oxygens (including phenoxy) is 1. The van der Waals surface area contributed by atoms with E-state index < -0.39 is 0 Å². The zero-order chi connectivity index (χ0) is 7.56. The molecule has 0 aliphatic heterocycles. The Labute approximate surface area is 59.0 Å². The third kappa shape index (κ3) is 1.13. The van der Waals surface area contributed by atoms with Gasteiger partial charge >= 0.3 is 0 Å². The number of benzene rings is 1. The summed E-state index contributed by atoms with van der Waals surface area (Å²) < 4.78 is 4.76. The van der Waals surface area contributed by atoms with Crippen LogP contribution in [-0.2, 0) is 0 Å². The molecule has 0 atom stereocenters. The predicted octanol–water partition coefficient (Wildman–Crippen LogP) is 1.32. The van der Waals surface area contributed by atoms with Gasteiger partial charge in [0.1, 0.15) is 0 Å². The van der Waals surface area contributed by atoms with Crippen LogP contribution in [0, 0.1) is 0 Å². The van der Waals surface area contributed by atoms with Crippen LogP contribution < -0.4 is 10.5 Å². The van der Waals surface area contributed by atoms with Crippen LogP contribution in [0.3, 0.4) is 0 Å². The first-order valence-corrected chi connectivity index (χ1v) is 2.82. The number of rotatable bonds is 1. The van der Waals surface area contributed by atoms with Gasteiger partial charge in [-0.15, -0.1) is 0 Å². The third-order valence-corrected chi connectivity index (χ3v) is 1.18. The van der Waals surface area contributed by atoms with E-state index in [4.69, 9.17) is 15.6 Å². The summed E-state index contributed by atoms with van der Waals surface area (Å²) in [5, 5.41) is 9.03. The number of hydrogen-bond donors (Lipinski definition) is 1. The molecule has 10 heavy (non-hydrogen) atoms. The lowest BCUT2D eigenvalue weighted by Crippen LogP contribution is -1.82. The number of phenols is 1. The Kier molecular flexibility index (Phi) is 1.67. The topological polar surface area (TPSA) is 53.3 Å². The molecule has 1 rings (SSSR count). The molecule has 0 aliphatic carbocycles. The van der Waals surface area contributed by atoms with Crippen molar-refractivity contribution >= 4 is 5.69 Å². The van der Waals surface area contributed by atoms with Crippen molar-refractivity contribution in [3.63, 3.8) is 0 Å².